The van der Waals surface area contributed by atoms with Gasteiger partial charge in [-0.1, -0.05) is 12.1 Å². The number of benzene rings is 1. The van der Waals surface area contributed by atoms with E-state index in [1.54, 1.807) is 0 Å². The van der Waals surface area contributed by atoms with Gasteiger partial charge >= 0.3 is 0 Å². The molecule has 148 valence electrons. The van der Waals surface area contributed by atoms with Crippen LogP contribution < -0.4 is 9.64 Å². The van der Waals surface area contributed by atoms with Gasteiger partial charge in [0, 0.05) is 24.8 Å². The molecule has 2 bridgehead atoms. The Balaban J connectivity index is 1.43. The molecule has 0 radical (unpaired) electrons. The standard InChI is InChI=1S/C22H28N4O2/c1-13-6-7-14(2)20(8-13)28-16(4)22(27)26-18-10-19(26)12-25(11-18)21-9-15(3)23-17(5)24-21/h6-9,16,18-19H,10-12H2,1-5H3. The monoisotopic (exact) mass is 380 g/mol. The van der Waals surface area contributed by atoms with Crippen molar-refractivity contribution in [2.24, 2.45) is 0 Å². The number of carbonyl (C=O) groups is 1. The van der Waals surface area contributed by atoms with Gasteiger partial charge in [-0.2, -0.15) is 0 Å². The van der Waals surface area contributed by atoms with Crippen molar-refractivity contribution >= 4 is 11.7 Å². The molecule has 28 heavy (non-hydrogen) atoms. The Labute approximate surface area is 166 Å². The van der Waals surface area contributed by atoms with Crippen LogP contribution in [-0.4, -0.2) is 52.1 Å². The second kappa shape index (κ2) is 7.08. The Kier molecular flexibility index (Phi) is 4.73. The highest BCUT2D eigenvalue weighted by Gasteiger charge is 2.48. The summed E-state index contributed by atoms with van der Waals surface area (Å²) in [6.45, 7) is 11.4. The topological polar surface area (TPSA) is 58.6 Å². The molecule has 1 aromatic carbocycles. The number of amides is 1. The van der Waals surface area contributed by atoms with Crippen molar-refractivity contribution in [3.05, 3.63) is 46.9 Å². The van der Waals surface area contributed by atoms with E-state index in [9.17, 15) is 4.79 Å². The van der Waals surface area contributed by atoms with Gasteiger partial charge in [0.2, 0.25) is 0 Å². The summed E-state index contributed by atoms with van der Waals surface area (Å²) in [4.78, 5) is 26.3. The number of ether oxygens (including phenoxy) is 1. The lowest BCUT2D eigenvalue weighted by atomic mass is 9.86. The zero-order valence-corrected chi connectivity index (χ0v) is 17.3. The fraction of sp³-hybridized carbons (Fsp3) is 0.500. The van der Waals surface area contributed by atoms with Crippen LogP contribution in [-0.2, 0) is 4.79 Å². The van der Waals surface area contributed by atoms with E-state index in [0.717, 1.165) is 53.7 Å². The normalized spacial score (nSPS) is 21.9. The fourth-order valence-electron chi connectivity index (χ4n) is 4.30. The molecule has 0 saturated carbocycles. The van der Waals surface area contributed by atoms with Gasteiger partial charge in [0.25, 0.3) is 5.91 Å². The van der Waals surface area contributed by atoms with Gasteiger partial charge in [-0.25, -0.2) is 9.97 Å². The number of piperidine rings is 1. The molecule has 4 heterocycles. The molecule has 3 fully saturated rings. The highest BCUT2D eigenvalue weighted by molar-refractivity contribution is 5.83. The Bertz CT molecular complexity index is 881. The van der Waals surface area contributed by atoms with E-state index < -0.39 is 6.10 Å². The molecule has 3 atom stereocenters. The van der Waals surface area contributed by atoms with Crippen molar-refractivity contribution in [3.8, 4) is 5.75 Å². The van der Waals surface area contributed by atoms with Gasteiger partial charge in [0.1, 0.15) is 17.4 Å². The molecule has 6 heteroatoms. The van der Waals surface area contributed by atoms with Crippen molar-refractivity contribution in [1.29, 1.82) is 0 Å². The predicted molar refractivity (Wildman–Crippen MR) is 109 cm³/mol. The largest absolute Gasteiger partial charge is 0.481 e. The maximum absolute atomic E-state index is 13.0. The molecule has 6 nitrogen and oxygen atoms in total. The van der Waals surface area contributed by atoms with E-state index in [-0.39, 0.29) is 18.0 Å². The average Bonchev–Trinajstić information content (AvgIpc) is 2.64. The number of piperazine rings is 1. The molecular formula is C22H28N4O2. The van der Waals surface area contributed by atoms with Crippen LogP contribution in [0.3, 0.4) is 0 Å². The van der Waals surface area contributed by atoms with Crippen molar-refractivity contribution < 1.29 is 9.53 Å². The van der Waals surface area contributed by atoms with Crippen LogP contribution in [0.1, 0.15) is 36.0 Å². The van der Waals surface area contributed by atoms with E-state index >= 15 is 0 Å². The number of aromatic nitrogens is 2. The van der Waals surface area contributed by atoms with Crippen LogP contribution in [0.2, 0.25) is 0 Å². The van der Waals surface area contributed by atoms with Crippen LogP contribution in [0, 0.1) is 27.7 Å². The van der Waals surface area contributed by atoms with Crippen molar-refractivity contribution in [1.82, 2.24) is 14.9 Å². The molecule has 0 aliphatic carbocycles. The zero-order chi connectivity index (χ0) is 20.0. The Morgan fingerprint density at radius 3 is 2.50 bits per heavy atom. The smallest absolute Gasteiger partial charge is 0.263 e. The second-order valence-corrected chi connectivity index (χ2v) is 8.14. The van der Waals surface area contributed by atoms with Crippen molar-refractivity contribution in [2.75, 3.05) is 18.0 Å². The quantitative estimate of drug-likeness (QED) is 0.816. The number of nitrogens with zero attached hydrogens (tertiary/aromatic N) is 4. The van der Waals surface area contributed by atoms with Crippen molar-refractivity contribution in [3.63, 3.8) is 0 Å². The van der Waals surface area contributed by atoms with E-state index in [1.807, 2.05) is 57.7 Å². The maximum Gasteiger partial charge on any atom is 0.263 e. The first-order valence-corrected chi connectivity index (χ1v) is 9.95. The molecule has 3 unspecified atom stereocenters. The lowest BCUT2D eigenvalue weighted by Crippen LogP contribution is -2.71. The summed E-state index contributed by atoms with van der Waals surface area (Å²) < 4.78 is 6.03. The van der Waals surface area contributed by atoms with Crippen LogP contribution in [0.4, 0.5) is 5.82 Å². The first kappa shape index (κ1) is 18.7. The number of fused-ring (bicyclic) bond motifs is 2. The third-order valence-corrected chi connectivity index (χ3v) is 5.72. The minimum atomic E-state index is -0.485. The second-order valence-electron chi connectivity index (χ2n) is 8.14. The highest BCUT2D eigenvalue weighted by Crippen LogP contribution is 2.35. The first-order chi connectivity index (χ1) is 13.3. The first-order valence-electron chi connectivity index (χ1n) is 9.95. The Morgan fingerprint density at radius 1 is 1.11 bits per heavy atom. The molecule has 3 aliphatic rings. The van der Waals surface area contributed by atoms with Crippen molar-refractivity contribution in [2.45, 2.75) is 59.2 Å². The molecule has 2 aromatic rings. The third-order valence-electron chi connectivity index (χ3n) is 5.72. The minimum absolute atomic E-state index is 0.0804. The van der Waals surface area contributed by atoms with Gasteiger partial charge in [-0.05, 0) is 58.2 Å². The molecule has 1 amide bonds. The highest BCUT2D eigenvalue weighted by atomic mass is 16.5. The third kappa shape index (κ3) is 3.43. The Morgan fingerprint density at radius 2 is 1.82 bits per heavy atom. The van der Waals surface area contributed by atoms with E-state index in [1.165, 1.54) is 0 Å². The fourth-order valence-corrected chi connectivity index (χ4v) is 4.30. The summed E-state index contributed by atoms with van der Waals surface area (Å²) in [5.74, 6) is 2.63. The molecule has 0 N–H and O–H groups in total. The van der Waals surface area contributed by atoms with E-state index in [0.29, 0.717) is 0 Å². The van der Waals surface area contributed by atoms with Crippen LogP contribution in [0.15, 0.2) is 24.3 Å². The van der Waals surface area contributed by atoms with Crippen LogP contribution >= 0.6 is 0 Å². The predicted octanol–water partition coefficient (Wildman–Crippen LogP) is 2.97. The lowest BCUT2D eigenvalue weighted by molar-refractivity contribution is -0.153. The van der Waals surface area contributed by atoms with E-state index in [2.05, 4.69) is 20.9 Å². The summed E-state index contributed by atoms with van der Waals surface area (Å²) in [5, 5.41) is 0. The number of rotatable bonds is 4. The van der Waals surface area contributed by atoms with Crippen LogP contribution in [0.5, 0.6) is 5.75 Å². The Hall–Kier alpha value is -2.63. The van der Waals surface area contributed by atoms with Gasteiger partial charge in [-0.15, -0.1) is 0 Å². The molecule has 0 spiro atoms. The van der Waals surface area contributed by atoms with E-state index in [4.69, 9.17) is 4.74 Å². The van der Waals surface area contributed by atoms with Gasteiger partial charge < -0.3 is 14.5 Å². The number of carbonyl (C=O) groups excluding carboxylic acids is 1. The summed E-state index contributed by atoms with van der Waals surface area (Å²) >= 11 is 0. The molecular weight excluding hydrogens is 352 g/mol. The molecule has 5 rings (SSSR count). The number of aryl methyl sites for hydroxylation is 4. The molecule has 3 saturated heterocycles. The summed E-state index contributed by atoms with van der Waals surface area (Å²) in [6, 6.07) is 8.56. The number of anilines is 1. The van der Waals surface area contributed by atoms with Crippen LogP contribution in [0.25, 0.3) is 0 Å². The molecule has 1 aromatic heterocycles. The lowest BCUT2D eigenvalue weighted by Gasteiger charge is -2.57. The van der Waals surface area contributed by atoms with Gasteiger partial charge in [0.05, 0.1) is 12.1 Å². The molecule has 3 aliphatic heterocycles. The summed E-state index contributed by atoms with van der Waals surface area (Å²) in [6.07, 6.45) is 0.572. The summed E-state index contributed by atoms with van der Waals surface area (Å²) in [5.41, 5.74) is 3.16. The number of hydrogen-bond donors (Lipinski definition) is 0. The minimum Gasteiger partial charge on any atom is -0.481 e. The maximum atomic E-state index is 13.0. The summed E-state index contributed by atoms with van der Waals surface area (Å²) in [7, 11) is 0. The zero-order valence-electron chi connectivity index (χ0n) is 17.3. The number of hydrogen-bond acceptors (Lipinski definition) is 5. The van der Waals surface area contributed by atoms with Gasteiger partial charge in [0.15, 0.2) is 6.10 Å². The van der Waals surface area contributed by atoms with Gasteiger partial charge in [-0.3, -0.25) is 4.79 Å². The SMILES string of the molecule is Cc1ccc(C)c(OC(C)C(=O)N2C3CC2CN(c2cc(C)nc(C)n2)C3)c1. The average molecular weight is 380 g/mol.